The van der Waals surface area contributed by atoms with Crippen molar-refractivity contribution >= 4 is 52.9 Å². The fourth-order valence-corrected chi connectivity index (χ4v) is 3.61. The largest absolute Gasteiger partial charge is 0.373 e. The average molecular weight is 466 g/mol. The van der Waals surface area contributed by atoms with Gasteiger partial charge in [-0.25, -0.2) is 0 Å². The Morgan fingerprint density at radius 3 is 2.50 bits per heavy atom. The molecular weight excluding hydrogens is 443 g/mol. The number of carbonyl (C=O) groups is 1. The van der Waals surface area contributed by atoms with Crippen LogP contribution >= 0.6 is 35.6 Å². The molecule has 0 bridgehead atoms. The van der Waals surface area contributed by atoms with Crippen molar-refractivity contribution in [2.24, 2.45) is 0 Å². The van der Waals surface area contributed by atoms with Gasteiger partial charge < -0.3 is 15.1 Å². The Balaban J connectivity index is 0.00000320. The fourth-order valence-electron chi connectivity index (χ4n) is 3.27. The molecular formula is C22H23Cl3N4O. The van der Waals surface area contributed by atoms with Gasteiger partial charge in [0.25, 0.3) is 5.91 Å². The zero-order valence-electron chi connectivity index (χ0n) is 16.8. The number of amides is 1. The summed E-state index contributed by atoms with van der Waals surface area (Å²) in [5.74, 6) is -0.506. The van der Waals surface area contributed by atoms with Crippen molar-refractivity contribution in [2.45, 2.75) is 13.8 Å². The lowest BCUT2D eigenvalue weighted by Gasteiger charge is -2.36. The molecule has 0 aliphatic carbocycles. The van der Waals surface area contributed by atoms with E-state index in [1.54, 1.807) is 24.4 Å². The van der Waals surface area contributed by atoms with Crippen molar-refractivity contribution in [1.29, 1.82) is 5.26 Å². The molecule has 158 valence electrons. The smallest absolute Gasteiger partial charge is 0.267 e. The number of nitriles is 1. The van der Waals surface area contributed by atoms with E-state index in [1.807, 2.05) is 11.0 Å². The molecule has 2 aromatic carbocycles. The monoisotopic (exact) mass is 464 g/mol. The lowest BCUT2D eigenvalue weighted by atomic mass is 10.1. The minimum Gasteiger partial charge on any atom is -0.373 e. The van der Waals surface area contributed by atoms with Crippen LogP contribution in [0, 0.1) is 25.2 Å². The van der Waals surface area contributed by atoms with Gasteiger partial charge in [-0.3, -0.25) is 4.79 Å². The first-order chi connectivity index (χ1) is 13.9. The quantitative estimate of drug-likeness (QED) is 0.498. The van der Waals surface area contributed by atoms with E-state index in [0.29, 0.717) is 15.7 Å². The minimum atomic E-state index is -0.506. The second kappa shape index (κ2) is 10.6. The highest BCUT2D eigenvalue weighted by molar-refractivity contribution is 6.35. The Morgan fingerprint density at radius 1 is 1.13 bits per heavy atom. The van der Waals surface area contributed by atoms with Gasteiger partial charge in [0.15, 0.2) is 0 Å². The summed E-state index contributed by atoms with van der Waals surface area (Å²) in [6.07, 6.45) is 1.62. The second-order valence-corrected chi connectivity index (χ2v) is 7.82. The molecule has 0 atom stereocenters. The summed E-state index contributed by atoms with van der Waals surface area (Å²) in [4.78, 5) is 16.8. The third-order valence-corrected chi connectivity index (χ3v) is 5.65. The molecule has 1 N–H and O–H groups in total. The average Bonchev–Trinajstić information content (AvgIpc) is 2.71. The normalized spacial score (nSPS) is 14.0. The van der Waals surface area contributed by atoms with Crippen molar-refractivity contribution in [2.75, 3.05) is 36.4 Å². The van der Waals surface area contributed by atoms with Gasteiger partial charge in [0.2, 0.25) is 0 Å². The van der Waals surface area contributed by atoms with Crippen LogP contribution in [0.4, 0.5) is 11.4 Å². The third kappa shape index (κ3) is 5.60. The molecule has 0 radical (unpaired) electrons. The summed E-state index contributed by atoms with van der Waals surface area (Å²) in [5, 5.41) is 12.9. The molecule has 1 aliphatic heterocycles. The highest BCUT2D eigenvalue weighted by Gasteiger charge is 2.19. The molecule has 3 rings (SSSR count). The van der Waals surface area contributed by atoms with E-state index in [9.17, 15) is 10.1 Å². The molecule has 5 nitrogen and oxygen atoms in total. The number of nitrogens with one attached hydrogen (secondary N) is 1. The number of benzene rings is 2. The Hall–Kier alpha value is -2.39. The van der Waals surface area contributed by atoms with Crippen LogP contribution in [-0.4, -0.2) is 37.0 Å². The number of hydrogen-bond donors (Lipinski definition) is 1. The molecule has 1 heterocycles. The third-order valence-electron chi connectivity index (χ3n) is 5.08. The fraction of sp³-hybridized carbons (Fsp3) is 0.273. The van der Waals surface area contributed by atoms with E-state index in [1.165, 1.54) is 16.8 Å². The van der Waals surface area contributed by atoms with Crippen molar-refractivity contribution in [3.05, 3.63) is 69.3 Å². The minimum absolute atomic E-state index is 0. The molecule has 0 unspecified atom stereocenters. The number of anilines is 2. The number of aryl methyl sites for hydroxylation is 1. The molecule has 8 heteroatoms. The Bertz CT molecular complexity index is 992. The maximum absolute atomic E-state index is 12.5. The van der Waals surface area contributed by atoms with Crippen LogP contribution in [0.1, 0.15) is 11.1 Å². The van der Waals surface area contributed by atoms with Crippen LogP contribution in [0.3, 0.4) is 0 Å². The Kier molecular flexibility index (Phi) is 8.43. The van der Waals surface area contributed by atoms with Gasteiger partial charge in [-0.05, 0) is 49.2 Å². The second-order valence-electron chi connectivity index (χ2n) is 6.97. The first kappa shape index (κ1) is 23.9. The van der Waals surface area contributed by atoms with E-state index in [-0.39, 0.29) is 18.0 Å². The van der Waals surface area contributed by atoms with Crippen LogP contribution in [0.2, 0.25) is 10.0 Å². The molecule has 1 fully saturated rings. The van der Waals surface area contributed by atoms with Gasteiger partial charge in [-0.1, -0.05) is 35.3 Å². The maximum atomic E-state index is 12.5. The zero-order valence-corrected chi connectivity index (χ0v) is 19.1. The first-order valence-electron chi connectivity index (χ1n) is 9.32. The molecule has 1 saturated heterocycles. The number of piperazine rings is 1. The van der Waals surface area contributed by atoms with Crippen LogP contribution in [0.25, 0.3) is 0 Å². The molecule has 30 heavy (non-hydrogen) atoms. The van der Waals surface area contributed by atoms with Gasteiger partial charge in [0, 0.05) is 43.1 Å². The van der Waals surface area contributed by atoms with Gasteiger partial charge in [-0.2, -0.15) is 5.26 Å². The van der Waals surface area contributed by atoms with Gasteiger partial charge >= 0.3 is 0 Å². The van der Waals surface area contributed by atoms with E-state index < -0.39 is 5.91 Å². The van der Waals surface area contributed by atoms with Crippen molar-refractivity contribution < 1.29 is 4.79 Å². The number of carbonyl (C=O) groups excluding carboxylic acids is 1. The lowest BCUT2D eigenvalue weighted by molar-refractivity contribution is -0.112. The summed E-state index contributed by atoms with van der Waals surface area (Å²) in [5.41, 5.74) is 4.20. The van der Waals surface area contributed by atoms with Gasteiger partial charge in [0.05, 0.1) is 10.7 Å². The first-order valence-corrected chi connectivity index (χ1v) is 10.1. The van der Waals surface area contributed by atoms with E-state index in [0.717, 1.165) is 26.2 Å². The summed E-state index contributed by atoms with van der Waals surface area (Å²) in [6, 6.07) is 13.1. The molecule has 1 amide bonds. The predicted molar refractivity (Wildman–Crippen MR) is 126 cm³/mol. The van der Waals surface area contributed by atoms with E-state index in [2.05, 4.69) is 42.3 Å². The standard InChI is InChI=1S/C22H22Cl2N4O.ClH/c1-15-4-3-5-21(16(15)2)28-10-8-27(9-11-28)14-17(13-25)22(29)26-20-12-18(23)6-7-19(20)24;/h3-7,12,14H,8-11H2,1-2H3,(H,26,29);1H/b17-14-;. The van der Waals surface area contributed by atoms with Gasteiger partial charge in [-0.15, -0.1) is 12.4 Å². The SMILES string of the molecule is Cc1cccc(N2CCN(/C=C(/C#N)C(=O)Nc3cc(Cl)ccc3Cl)CC2)c1C.Cl. The Morgan fingerprint density at radius 2 is 1.83 bits per heavy atom. The lowest BCUT2D eigenvalue weighted by Crippen LogP contribution is -2.44. The van der Waals surface area contributed by atoms with E-state index >= 15 is 0 Å². The summed E-state index contributed by atoms with van der Waals surface area (Å²) < 4.78 is 0. The highest BCUT2D eigenvalue weighted by atomic mass is 35.5. The molecule has 1 aliphatic rings. The molecule has 0 spiro atoms. The number of rotatable bonds is 4. The van der Waals surface area contributed by atoms with E-state index in [4.69, 9.17) is 23.2 Å². The maximum Gasteiger partial charge on any atom is 0.267 e. The van der Waals surface area contributed by atoms with Crippen LogP contribution in [-0.2, 0) is 4.79 Å². The highest BCUT2D eigenvalue weighted by Crippen LogP contribution is 2.26. The molecule has 2 aromatic rings. The molecule has 0 saturated carbocycles. The van der Waals surface area contributed by atoms with Crippen molar-refractivity contribution in [3.63, 3.8) is 0 Å². The van der Waals surface area contributed by atoms with Gasteiger partial charge in [0.1, 0.15) is 11.6 Å². The van der Waals surface area contributed by atoms with Crippen molar-refractivity contribution in [3.8, 4) is 6.07 Å². The number of halogens is 3. The van der Waals surface area contributed by atoms with Crippen molar-refractivity contribution in [1.82, 2.24) is 4.90 Å². The molecule has 0 aromatic heterocycles. The number of nitrogens with zero attached hydrogens (tertiary/aromatic N) is 3. The topological polar surface area (TPSA) is 59.4 Å². The summed E-state index contributed by atoms with van der Waals surface area (Å²) in [6.45, 7) is 7.34. The summed E-state index contributed by atoms with van der Waals surface area (Å²) in [7, 11) is 0. The van der Waals surface area contributed by atoms with Crippen LogP contribution < -0.4 is 10.2 Å². The van der Waals surface area contributed by atoms with Crippen LogP contribution in [0.15, 0.2) is 48.2 Å². The summed E-state index contributed by atoms with van der Waals surface area (Å²) >= 11 is 12.0. The predicted octanol–water partition coefficient (Wildman–Crippen LogP) is 5.20. The van der Waals surface area contributed by atoms with Crippen LogP contribution in [0.5, 0.6) is 0 Å². The number of hydrogen-bond acceptors (Lipinski definition) is 4. The zero-order chi connectivity index (χ0) is 21.0. The Labute approximate surface area is 193 Å².